The Morgan fingerprint density at radius 3 is 2.12 bits per heavy atom. The molecule has 1 rings (SSSR count). The second-order valence-electron chi connectivity index (χ2n) is 5.59. The largest absolute Gasteiger partial charge is 0.406 e. The monoisotopic (exact) mass is 251 g/mol. The van der Waals surface area contributed by atoms with Gasteiger partial charge in [0.05, 0.1) is 0 Å². The zero-order valence-electron chi connectivity index (χ0n) is 11.0. The summed E-state index contributed by atoms with van der Waals surface area (Å²) in [6.07, 6.45) is -1.53. The van der Waals surface area contributed by atoms with Crippen molar-refractivity contribution in [1.82, 2.24) is 5.32 Å². The predicted octanol–water partition coefficient (Wildman–Crippen LogP) is 4.13. The van der Waals surface area contributed by atoms with Crippen molar-refractivity contribution < 1.29 is 13.2 Å². The quantitative estimate of drug-likeness (QED) is 0.792. The van der Waals surface area contributed by atoms with Gasteiger partial charge < -0.3 is 5.32 Å². The molecule has 0 amide bonds. The summed E-state index contributed by atoms with van der Waals surface area (Å²) in [4.78, 5) is 0. The molecule has 1 aliphatic rings. The van der Waals surface area contributed by atoms with E-state index in [1.54, 1.807) is 0 Å². The van der Waals surface area contributed by atoms with E-state index in [4.69, 9.17) is 0 Å². The van der Waals surface area contributed by atoms with Crippen molar-refractivity contribution in [3.8, 4) is 0 Å². The van der Waals surface area contributed by atoms with E-state index in [-0.39, 0.29) is 12.8 Å². The molecule has 0 bridgehead atoms. The minimum atomic E-state index is -4.12. The molecule has 0 spiro atoms. The summed E-state index contributed by atoms with van der Waals surface area (Å²) >= 11 is 0. The minimum Gasteiger partial charge on any atom is -0.304 e. The molecule has 0 atom stereocenters. The Balaban J connectivity index is 2.69. The predicted molar refractivity (Wildman–Crippen MR) is 63.9 cm³/mol. The first-order valence-electron chi connectivity index (χ1n) is 6.64. The number of rotatable bonds is 4. The van der Waals surface area contributed by atoms with Crippen LogP contribution in [0.3, 0.4) is 0 Å². The summed E-state index contributed by atoms with van der Waals surface area (Å²) in [7, 11) is 0. The normalized spacial score (nSPS) is 30.9. The molecular formula is C13H24F3N. The van der Waals surface area contributed by atoms with Gasteiger partial charge in [0.1, 0.15) is 5.54 Å². The SMILES string of the molecule is CCCNC1(C(F)(F)F)CCC(C(C)C)CC1. The van der Waals surface area contributed by atoms with Crippen LogP contribution in [0.25, 0.3) is 0 Å². The van der Waals surface area contributed by atoms with Crippen molar-refractivity contribution in [2.45, 2.75) is 64.6 Å². The van der Waals surface area contributed by atoms with Gasteiger partial charge in [0, 0.05) is 0 Å². The molecule has 0 radical (unpaired) electrons. The Hall–Kier alpha value is -0.250. The first kappa shape index (κ1) is 14.8. The van der Waals surface area contributed by atoms with Crippen molar-refractivity contribution in [1.29, 1.82) is 0 Å². The Bertz CT molecular complexity index is 227. The lowest BCUT2D eigenvalue weighted by atomic mass is 9.72. The van der Waals surface area contributed by atoms with E-state index in [2.05, 4.69) is 19.2 Å². The van der Waals surface area contributed by atoms with Crippen LogP contribution in [0.1, 0.15) is 52.9 Å². The van der Waals surface area contributed by atoms with Gasteiger partial charge in [-0.25, -0.2) is 0 Å². The molecule has 1 N–H and O–H groups in total. The molecule has 0 heterocycles. The van der Waals surface area contributed by atoms with Gasteiger partial charge in [0.25, 0.3) is 0 Å². The number of alkyl halides is 3. The summed E-state index contributed by atoms with van der Waals surface area (Å²) in [6, 6.07) is 0. The highest BCUT2D eigenvalue weighted by Crippen LogP contribution is 2.44. The maximum Gasteiger partial charge on any atom is 0.406 e. The molecule has 1 fully saturated rings. The third-order valence-electron chi connectivity index (χ3n) is 4.08. The molecule has 0 aromatic carbocycles. The van der Waals surface area contributed by atoms with Crippen LogP contribution in [0.15, 0.2) is 0 Å². The second kappa shape index (κ2) is 5.59. The van der Waals surface area contributed by atoms with Crippen molar-refractivity contribution in [2.24, 2.45) is 11.8 Å². The summed E-state index contributed by atoms with van der Waals surface area (Å²) < 4.78 is 39.6. The maximum absolute atomic E-state index is 13.2. The van der Waals surface area contributed by atoms with Crippen molar-refractivity contribution in [3.63, 3.8) is 0 Å². The molecule has 4 heteroatoms. The second-order valence-corrected chi connectivity index (χ2v) is 5.59. The van der Waals surface area contributed by atoms with Crippen LogP contribution < -0.4 is 5.32 Å². The van der Waals surface area contributed by atoms with Gasteiger partial charge in [-0.2, -0.15) is 13.2 Å². The standard InChI is InChI=1S/C13H24F3N/c1-4-9-17-12(13(14,15)16)7-5-11(6-8-12)10(2)3/h10-11,17H,4-9H2,1-3H3. The van der Waals surface area contributed by atoms with Gasteiger partial charge in [-0.3, -0.25) is 0 Å². The Morgan fingerprint density at radius 1 is 1.24 bits per heavy atom. The van der Waals surface area contributed by atoms with Crippen molar-refractivity contribution >= 4 is 0 Å². The third-order valence-corrected chi connectivity index (χ3v) is 4.08. The highest BCUT2D eigenvalue weighted by atomic mass is 19.4. The van der Waals surface area contributed by atoms with Crippen LogP contribution in [0, 0.1) is 11.8 Å². The van der Waals surface area contributed by atoms with E-state index < -0.39 is 11.7 Å². The molecule has 0 aromatic heterocycles. The molecular weight excluding hydrogens is 227 g/mol. The molecule has 1 aliphatic carbocycles. The van der Waals surface area contributed by atoms with Crippen LogP contribution in [0.4, 0.5) is 13.2 Å². The lowest BCUT2D eigenvalue weighted by Crippen LogP contribution is -2.58. The number of nitrogens with one attached hydrogen (secondary N) is 1. The maximum atomic E-state index is 13.2. The van der Waals surface area contributed by atoms with E-state index in [9.17, 15) is 13.2 Å². The van der Waals surface area contributed by atoms with E-state index in [1.165, 1.54) is 0 Å². The van der Waals surface area contributed by atoms with E-state index in [0.717, 1.165) is 6.42 Å². The van der Waals surface area contributed by atoms with Crippen molar-refractivity contribution in [3.05, 3.63) is 0 Å². The third kappa shape index (κ3) is 3.36. The first-order valence-corrected chi connectivity index (χ1v) is 6.64. The summed E-state index contributed by atoms with van der Waals surface area (Å²) in [6.45, 7) is 6.55. The number of hydrogen-bond donors (Lipinski definition) is 1. The average molecular weight is 251 g/mol. The average Bonchev–Trinajstić information content (AvgIpc) is 2.25. The molecule has 0 aliphatic heterocycles. The Labute approximate surface area is 102 Å². The first-order chi connectivity index (χ1) is 7.82. The molecule has 0 unspecified atom stereocenters. The van der Waals surface area contributed by atoms with Crippen LogP contribution in [0.5, 0.6) is 0 Å². The Morgan fingerprint density at radius 2 is 1.76 bits per heavy atom. The van der Waals surface area contributed by atoms with Crippen LogP contribution in [-0.2, 0) is 0 Å². The topological polar surface area (TPSA) is 12.0 Å². The van der Waals surface area contributed by atoms with Crippen molar-refractivity contribution in [2.75, 3.05) is 6.54 Å². The van der Waals surface area contributed by atoms with Crippen LogP contribution >= 0.6 is 0 Å². The Kier molecular flexibility index (Phi) is 4.87. The fraction of sp³-hybridized carbons (Fsp3) is 1.00. The zero-order valence-corrected chi connectivity index (χ0v) is 11.0. The molecule has 102 valence electrons. The summed E-state index contributed by atoms with van der Waals surface area (Å²) in [5.41, 5.74) is -1.62. The number of halogens is 3. The lowest BCUT2D eigenvalue weighted by molar-refractivity contribution is -0.208. The molecule has 0 saturated heterocycles. The van der Waals surface area contributed by atoms with Gasteiger partial charge >= 0.3 is 6.18 Å². The van der Waals surface area contributed by atoms with Gasteiger partial charge in [-0.1, -0.05) is 20.8 Å². The van der Waals surface area contributed by atoms with E-state index in [0.29, 0.717) is 31.2 Å². The fourth-order valence-electron chi connectivity index (χ4n) is 2.72. The molecule has 1 saturated carbocycles. The van der Waals surface area contributed by atoms with Crippen LogP contribution in [-0.4, -0.2) is 18.3 Å². The minimum absolute atomic E-state index is 0.235. The summed E-state index contributed by atoms with van der Waals surface area (Å²) in [5, 5.41) is 2.76. The highest BCUT2D eigenvalue weighted by Gasteiger charge is 2.55. The lowest BCUT2D eigenvalue weighted by Gasteiger charge is -2.43. The van der Waals surface area contributed by atoms with Crippen LogP contribution in [0.2, 0.25) is 0 Å². The molecule has 17 heavy (non-hydrogen) atoms. The van der Waals surface area contributed by atoms with Gasteiger partial charge in [0.15, 0.2) is 0 Å². The van der Waals surface area contributed by atoms with Gasteiger partial charge in [0.2, 0.25) is 0 Å². The number of hydrogen-bond acceptors (Lipinski definition) is 1. The molecule has 0 aromatic rings. The van der Waals surface area contributed by atoms with E-state index in [1.807, 2.05) is 6.92 Å². The van der Waals surface area contributed by atoms with E-state index >= 15 is 0 Å². The smallest absolute Gasteiger partial charge is 0.304 e. The van der Waals surface area contributed by atoms with Gasteiger partial charge in [-0.05, 0) is 50.5 Å². The van der Waals surface area contributed by atoms with Gasteiger partial charge in [-0.15, -0.1) is 0 Å². The summed E-state index contributed by atoms with van der Waals surface area (Å²) in [5.74, 6) is 0.946. The molecule has 1 nitrogen and oxygen atoms in total. The highest BCUT2D eigenvalue weighted by molar-refractivity contribution is 4.99. The fourth-order valence-corrected chi connectivity index (χ4v) is 2.72. The zero-order chi connectivity index (χ0) is 13.1.